The van der Waals surface area contributed by atoms with Gasteiger partial charge >= 0.3 is 0 Å². The molecule has 0 unspecified atom stereocenters. The zero-order valence-electron chi connectivity index (χ0n) is 18.9. The van der Waals surface area contributed by atoms with Gasteiger partial charge in [-0.2, -0.15) is 0 Å². The molecular weight excluding hydrogens is 414 g/mol. The van der Waals surface area contributed by atoms with E-state index < -0.39 is 0 Å². The Hall–Kier alpha value is -3.74. The van der Waals surface area contributed by atoms with E-state index in [-0.39, 0.29) is 28.6 Å². The Kier molecular flexibility index (Phi) is 5.32. The van der Waals surface area contributed by atoms with Crippen molar-refractivity contribution < 1.29 is 4.79 Å². The third kappa shape index (κ3) is 3.95. The molecule has 0 bridgehead atoms. The topological polar surface area (TPSA) is 92.2 Å². The lowest BCUT2D eigenvalue weighted by atomic mass is 10.1. The standard InChI is InChI=1S/C26H27N5O2/c1-16-7-10-18(11-8-16)15-31-23(27)20(25(32)28-19-5-3-4-6-19)13-21-24(31)29-22-12-9-17(2)14-30(22)26(21)33/h7-14,19,27H,3-6,15H2,1-2H3,(H,28,32). The number of carbonyl (C=O) groups excluding carboxylic acids is 1. The Balaban J connectivity index is 1.73. The van der Waals surface area contributed by atoms with Gasteiger partial charge < -0.3 is 9.88 Å². The van der Waals surface area contributed by atoms with Gasteiger partial charge in [0.1, 0.15) is 16.8 Å². The molecule has 1 aliphatic carbocycles. The molecule has 3 aromatic heterocycles. The molecule has 168 valence electrons. The largest absolute Gasteiger partial charge is 0.349 e. The number of hydrogen-bond donors (Lipinski definition) is 2. The number of benzene rings is 1. The average molecular weight is 442 g/mol. The van der Waals surface area contributed by atoms with E-state index in [1.807, 2.05) is 44.2 Å². The molecule has 0 aliphatic heterocycles. The molecular formula is C26H27N5O2. The van der Waals surface area contributed by atoms with Crippen LogP contribution in [0.4, 0.5) is 0 Å². The number of hydrogen-bond acceptors (Lipinski definition) is 4. The molecule has 2 N–H and O–H groups in total. The second-order valence-corrected chi connectivity index (χ2v) is 9.02. The minimum atomic E-state index is -0.305. The van der Waals surface area contributed by atoms with E-state index in [9.17, 15) is 9.59 Å². The molecule has 1 amide bonds. The van der Waals surface area contributed by atoms with Crippen LogP contribution in [0.25, 0.3) is 16.7 Å². The molecule has 5 rings (SSSR count). The highest BCUT2D eigenvalue weighted by atomic mass is 16.2. The molecule has 0 spiro atoms. The lowest BCUT2D eigenvalue weighted by molar-refractivity contribution is 0.0935. The fourth-order valence-corrected chi connectivity index (χ4v) is 4.58. The van der Waals surface area contributed by atoms with Crippen molar-refractivity contribution >= 4 is 22.6 Å². The van der Waals surface area contributed by atoms with Crippen LogP contribution in [0.2, 0.25) is 0 Å². The summed E-state index contributed by atoms with van der Waals surface area (Å²) in [7, 11) is 0. The van der Waals surface area contributed by atoms with Crippen LogP contribution in [0.15, 0.2) is 53.5 Å². The van der Waals surface area contributed by atoms with E-state index in [0.717, 1.165) is 42.4 Å². The van der Waals surface area contributed by atoms with Crippen molar-refractivity contribution in [3.05, 3.63) is 86.8 Å². The van der Waals surface area contributed by atoms with Crippen LogP contribution in [-0.2, 0) is 6.54 Å². The molecule has 0 saturated heterocycles. The minimum absolute atomic E-state index is 0.0573. The van der Waals surface area contributed by atoms with E-state index in [2.05, 4.69) is 5.32 Å². The highest BCUT2D eigenvalue weighted by molar-refractivity contribution is 5.97. The van der Waals surface area contributed by atoms with Gasteiger partial charge in [0.05, 0.1) is 17.5 Å². The molecule has 0 atom stereocenters. The van der Waals surface area contributed by atoms with Crippen molar-refractivity contribution in [3.8, 4) is 0 Å². The summed E-state index contributed by atoms with van der Waals surface area (Å²) in [4.78, 5) is 31.3. The van der Waals surface area contributed by atoms with Crippen LogP contribution in [-0.4, -0.2) is 25.9 Å². The lowest BCUT2D eigenvalue weighted by Gasteiger charge is -2.17. The van der Waals surface area contributed by atoms with Gasteiger partial charge in [0.15, 0.2) is 0 Å². The lowest BCUT2D eigenvalue weighted by Crippen LogP contribution is -2.38. The SMILES string of the molecule is Cc1ccc(Cn2c(=N)c(C(=O)NC3CCCC3)cc3c(=O)n4cc(C)ccc4nc32)cc1. The Bertz CT molecular complexity index is 1490. The quantitative estimate of drug-likeness (QED) is 0.475. The summed E-state index contributed by atoms with van der Waals surface area (Å²) in [5.74, 6) is -0.305. The van der Waals surface area contributed by atoms with E-state index in [1.54, 1.807) is 16.8 Å². The van der Waals surface area contributed by atoms with Crippen molar-refractivity contribution in [2.24, 2.45) is 0 Å². The fourth-order valence-electron chi connectivity index (χ4n) is 4.58. The van der Waals surface area contributed by atoms with Crippen molar-refractivity contribution in [1.82, 2.24) is 19.3 Å². The summed E-state index contributed by atoms with van der Waals surface area (Å²) in [6.07, 6.45) is 5.84. The van der Waals surface area contributed by atoms with E-state index in [1.165, 1.54) is 10.5 Å². The maximum atomic E-state index is 13.4. The highest BCUT2D eigenvalue weighted by Crippen LogP contribution is 2.19. The van der Waals surface area contributed by atoms with E-state index in [4.69, 9.17) is 10.4 Å². The van der Waals surface area contributed by atoms with Gasteiger partial charge in [0.25, 0.3) is 11.5 Å². The second kappa shape index (κ2) is 8.31. The van der Waals surface area contributed by atoms with Gasteiger partial charge in [0.2, 0.25) is 0 Å². The number of nitrogens with zero attached hydrogens (tertiary/aromatic N) is 3. The maximum Gasteiger partial charge on any atom is 0.267 e. The van der Waals surface area contributed by atoms with Gasteiger partial charge in [-0.3, -0.25) is 19.4 Å². The molecule has 1 aliphatic rings. The monoisotopic (exact) mass is 441 g/mol. The number of pyridine rings is 2. The smallest absolute Gasteiger partial charge is 0.267 e. The van der Waals surface area contributed by atoms with Crippen LogP contribution in [0, 0.1) is 19.3 Å². The van der Waals surface area contributed by atoms with Crippen molar-refractivity contribution in [1.29, 1.82) is 5.41 Å². The van der Waals surface area contributed by atoms with Gasteiger partial charge in [-0.15, -0.1) is 0 Å². The molecule has 3 heterocycles. The highest BCUT2D eigenvalue weighted by Gasteiger charge is 2.22. The van der Waals surface area contributed by atoms with E-state index >= 15 is 0 Å². The Morgan fingerprint density at radius 2 is 1.79 bits per heavy atom. The summed E-state index contributed by atoms with van der Waals surface area (Å²) >= 11 is 0. The number of rotatable bonds is 4. The second-order valence-electron chi connectivity index (χ2n) is 9.02. The van der Waals surface area contributed by atoms with Gasteiger partial charge in [-0.1, -0.05) is 48.7 Å². The van der Waals surface area contributed by atoms with Gasteiger partial charge in [0, 0.05) is 12.2 Å². The van der Waals surface area contributed by atoms with Crippen LogP contribution >= 0.6 is 0 Å². The van der Waals surface area contributed by atoms with Gasteiger partial charge in [-0.25, -0.2) is 4.98 Å². The van der Waals surface area contributed by atoms with Crippen molar-refractivity contribution in [2.45, 2.75) is 52.1 Å². The third-order valence-electron chi connectivity index (χ3n) is 6.45. The Morgan fingerprint density at radius 1 is 1.09 bits per heavy atom. The predicted molar refractivity (Wildman–Crippen MR) is 128 cm³/mol. The molecule has 33 heavy (non-hydrogen) atoms. The number of amides is 1. The summed E-state index contributed by atoms with van der Waals surface area (Å²) in [5, 5.41) is 12.3. The van der Waals surface area contributed by atoms with Crippen LogP contribution in [0.3, 0.4) is 0 Å². The summed E-state index contributed by atoms with van der Waals surface area (Å²) in [6, 6.07) is 13.4. The maximum absolute atomic E-state index is 13.4. The van der Waals surface area contributed by atoms with Crippen molar-refractivity contribution in [2.75, 3.05) is 0 Å². The number of aryl methyl sites for hydroxylation is 2. The first-order valence-electron chi connectivity index (χ1n) is 11.4. The summed E-state index contributed by atoms with van der Waals surface area (Å²) in [5.41, 5.74) is 3.99. The molecule has 1 aromatic carbocycles. The molecule has 7 heteroatoms. The fraction of sp³-hybridized carbons (Fsp3) is 0.308. The van der Waals surface area contributed by atoms with Crippen LogP contribution < -0.4 is 16.4 Å². The first kappa shape index (κ1) is 21.1. The first-order chi connectivity index (χ1) is 15.9. The van der Waals surface area contributed by atoms with Crippen LogP contribution in [0.1, 0.15) is 52.7 Å². The Morgan fingerprint density at radius 3 is 2.52 bits per heavy atom. The number of carbonyl (C=O) groups is 1. The number of fused-ring (bicyclic) bond motifs is 2. The summed E-state index contributed by atoms with van der Waals surface area (Å²) < 4.78 is 3.18. The third-order valence-corrected chi connectivity index (χ3v) is 6.45. The Labute approximate surface area is 191 Å². The summed E-state index contributed by atoms with van der Waals surface area (Å²) in [6.45, 7) is 4.28. The molecule has 1 saturated carbocycles. The molecule has 1 fully saturated rings. The average Bonchev–Trinajstić information content (AvgIpc) is 3.30. The van der Waals surface area contributed by atoms with E-state index in [0.29, 0.717) is 23.2 Å². The molecule has 0 radical (unpaired) electrons. The first-order valence-corrected chi connectivity index (χ1v) is 11.4. The number of aromatic nitrogens is 3. The zero-order chi connectivity index (χ0) is 23.1. The van der Waals surface area contributed by atoms with Gasteiger partial charge in [-0.05, 0) is 49.9 Å². The minimum Gasteiger partial charge on any atom is -0.349 e. The normalized spacial score (nSPS) is 14.2. The van der Waals surface area contributed by atoms with Crippen LogP contribution in [0.5, 0.6) is 0 Å². The molecule has 4 aromatic rings. The predicted octanol–water partition coefficient (Wildman–Crippen LogP) is 3.47. The zero-order valence-corrected chi connectivity index (χ0v) is 18.9. The molecule has 7 nitrogen and oxygen atoms in total. The van der Waals surface area contributed by atoms with Crippen molar-refractivity contribution in [3.63, 3.8) is 0 Å². The number of nitrogens with one attached hydrogen (secondary N) is 2.